The maximum Gasteiger partial charge on any atom is 0.471 e. The lowest BCUT2D eigenvalue weighted by Gasteiger charge is -2.35. The Morgan fingerprint density at radius 2 is 2.00 bits per heavy atom. The number of aliphatic carboxylic acids is 1. The van der Waals surface area contributed by atoms with E-state index in [2.05, 4.69) is 0 Å². The summed E-state index contributed by atoms with van der Waals surface area (Å²) in [6.45, 7) is 1.42. The molecule has 20 heavy (non-hydrogen) atoms. The first-order chi connectivity index (χ1) is 9.21. The fourth-order valence-corrected chi connectivity index (χ4v) is 2.40. The molecule has 0 bridgehead atoms. The number of aryl methyl sites for hydroxylation is 1. The zero-order chi connectivity index (χ0) is 15.1. The van der Waals surface area contributed by atoms with Crippen molar-refractivity contribution in [1.82, 2.24) is 4.90 Å². The Balaban J connectivity index is 2.43. The lowest BCUT2D eigenvalue weighted by molar-refractivity contribution is -0.191. The van der Waals surface area contributed by atoms with Gasteiger partial charge in [0.15, 0.2) is 0 Å². The predicted molar refractivity (Wildman–Crippen MR) is 62.9 cm³/mol. The highest BCUT2D eigenvalue weighted by Gasteiger charge is 2.47. The van der Waals surface area contributed by atoms with E-state index in [1.54, 1.807) is 25.1 Å². The Bertz CT molecular complexity index is 568. The van der Waals surface area contributed by atoms with E-state index in [9.17, 15) is 22.8 Å². The third-order valence-electron chi connectivity index (χ3n) is 3.41. The SMILES string of the molecule is Cc1cccc2c1C[C@H](C(=O)O)N(C(=O)C(F)(F)F)C2. The van der Waals surface area contributed by atoms with Crippen LogP contribution in [-0.2, 0) is 22.6 Å². The minimum Gasteiger partial charge on any atom is -0.480 e. The number of nitrogens with zero attached hydrogens (tertiary/aromatic N) is 1. The zero-order valence-corrected chi connectivity index (χ0v) is 10.6. The normalized spacial score (nSPS) is 18.6. The van der Waals surface area contributed by atoms with Gasteiger partial charge in [-0.25, -0.2) is 4.79 Å². The second kappa shape index (κ2) is 4.81. The largest absolute Gasteiger partial charge is 0.480 e. The number of carbonyl (C=O) groups excluding carboxylic acids is 1. The highest BCUT2D eigenvalue weighted by atomic mass is 19.4. The highest BCUT2D eigenvalue weighted by Crippen LogP contribution is 2.29. The first-order valence-electron chi connectivity index (χ1n) is 5.89. The van der Waals surface area contributed by atoms with E-state index in [1.165, 1.54) is 0 Å². The molecule has 0 fully saturated rings. The molecule has 1 amide bonds. The highest BCUT2D eigenvalue weighted by molar-refractivity contribution is 5.87. The first-order valence-corrected chi connectivity index (χ1v) is 5.89. The molecule has 0 saturated heterocycles. The number of rotatable bonds is 1. The number of benzene rings is 1. The van der Waals surface area contributed by atoms with Crippen LogP contribution < -0.4 is 0 Å². The van der Waals surface area contributed by atoms with Gasteiger partial charge in [-0.15, -0.1) is 0 Å². The average molecular weight is 287 g/mol. The maximum absolute atomic E-state index is 12.5. The molecule has 1 aromatic carbocycles. The zero-order valence-electron chi connectivity index (χ0n) is 10.6. The van der Waals surface area contributed by atoms with Crippen LogP contribution in [0.3, 0.4) is 0 Å². The number of hydrogen-bond donors (Lipinski definition) is 1. The molecule has 0 unspecified atom stereocenters. The molecule has 1 heterocycles. The molecule has 1 aromatic rings. The van der Waals surface area contributed by atoms with Gasteiger partial charge < -0.3 is 10.0 Å². The molecule has 7 heteroatoms. The van der Waals surface area contributed by atoms with Crippen molar-refractivity contribution in [3.05, 3.63) is 34.9 Å². The lowest BCUT2D eigenvalue weighted by atomic mass is 9.90. The van der Waals surface area contributed by atoms with Crippen LogP contribution in [0, 0.1) is 6.92 Å². The number of carboxylic acid groups (broad SMARTS) is 1. The van der Waals surface area contributed by atoms with Gasteiger partial charge in [0.1, 0.15) is 6.04 Å². The smallest absolute Gasteiger partial charge is 0.471 e. The van der Waals surface area contributed by atoms with Crippen molar-refractivity contribution in [2.75, 3.05) is 0 Å². The van der Waals surface area contributed by atoms with Gasteiger partial charge in [-0.1, -0.05) is 18.2 Å². The van der Waals surface area contributed by atoms with Crippen LogP contribution in [0.4, 0.5) is 13.2 Å². The van der Waals surface area contributed by atoms with Gasteiger partial charge in [0.2, 0.25) is 0 Å². The van der Waals surface area contributed by atoms with Crippen LogP contribution in [0.25, 0.3) is 0 Å². The molecule has 1 atom stereocenters. The molecule has 0 aliphatic carbocycles. The molecule has 0 saturated carbocycles. The second-order valence-electron chi connectivity index (χ2n) is 4.70. The summed E-state index contributed by atoms with van der Waals surface area (Å²) in [6.07, 6.45) is -5.19. The number of carbonyl (C=O) groups is 2. The molecule has 1 aliphatic heterocycles. The average Bonchev–Trinajstić information content (AvgIpc) is 2.35. The van der Waals surface area contributed by atoms with Gasteiger partial charge in [-0.2, -0.15) is 13.2 Å². The van der Waals surface area contributed by atoms with Gasteiger partial charge in [0.05, 0.1) is 0 Å². The molecular formula is C13H12F3NO3. The summed E-state index contributed by atoms with van der Waals surface area (Å²) in [4.78, 5) is 22.9. The molecule has 0 radical (unpaired) electrons. The molecule has 0 spiro atoms. The van der Waals surface area contributed by atoms with Crippen LogP contribution in [0.2, 0.25) is 0 Å². The molecule has 1 aliphatic rings. The van der Waals surface area contributed by atoms with Crippen LogP contribution in [0.1, 0.15) is 16.7 Å². The summed E-state index contributed by atoms with van der Waals surface area (Å²) in [7, 11) is 0. The van der Waals surface area contributed by atoms with Crippen molar-refractivity contribution in [3.63, 3.8) is 0 Å². The van der Waals surface area contributed by atoms with Crippen LogP contribution in [0.5, 0.6) is 0 Å². The Morgan fingerprint density at radius 3 is 2.55 bits per heavy atom. The summed E-state index contributed by atoms with van der Waals surface area (Å²) in [5.41, 5.74) is 2.07. The van der Waals surface area contributed by atoms with Crippen molar-refractivity contribution in [1.29, 1.82) is 0 Å². The Kier molecular flexibility index (Phi) is 3.45. The maximum atomic E-state index is 12.5. The number of halogens is 3. The number of alkyl halides is 3. The van der Waals surface area contributed by atoms with E-state index in [0.29, 0.717) is 16.0 Å². The number of carboxylic acids is 1. The minimum absolute atomic E-state index is 0.112. The third-order valence-corrected chi connectivity index (χ3v) is 3.41. The number of hydrogen-bond acceptors (Lipinski definition) is 2. The number of amides is 1. The summed E-state index contributed by atoms with van der Waals surface area (Å²) in [6, 6.07) is 3.55. The van der Waals surface area contributed by atoms with Crippen molar-refractivity contribution in [3.8, 4) is 0 Å². The van der Waals surface area contributed by atoms with E-state index >= 15 is 0 Å². The molecule has 4 nitrogen and oxygen atoms in total. The van der Waals surface area contributed by atoms with Crippen LogP contribution in [0.15, 0.2) is 18.2 Å². The molecular weight excluding hydrogens is 275 g/mol. The minimum atomic E-state index is -5.07. The topological polar surface area (TPSA) is 57.6 Å². The monoisotopic (exact) mass is 287 g/mol. The third kappa shape index (κ3) is 2.48. The van der Waals surface area contributed by atoms with Crippen molar-refractivity contribution in [2.24, 2.45) is 0 Å². The van der Waals surface area contributed by atoms with Gasteiger partial charge in [0, 0.05) is 13.0 Å². The molecule has 108 valence electrons. The predicted octanol–water partition coefficient (Wildman–Crippen LogP) is 1.90. The quantitative estimate of drug-likeness (QED) is 0.858. The Morgan fingerprint density at radius 1 is 1.35 bits per heavy atom. The summed E-state index contributed by atoms with van der Waals surface area (Å²) < 4.78 is 37.6. The van der Waals surface area contributed by atoms with E-state index in [0.717, 1.165) is 5.56 Å². The van der Waals surface area contributed by atoms with E-state index < -0.39 is 24.1 Å². The Labute approximate surface area is 112 Å². The molecule has 2 rings (SSSR count). The van der Waals surface area contributed by atoms with E-state index in [-0.39, 0.29) is 13.0 Å². The van der Waals surface area contributed by atoms with E-state index in [1.807, 2.05) is 0 Å². The van der Waals surface area contributed by atoms with Gasteiger partial charge >= 0.3 is 18.1 Å². The standard InChI is InChI=1S/C13H12F3NO3/c1-7-3-2-4-8-6-17(12(20)13(14,15)16)10(11(18)19)5-9(7)8/h2-4,10H,5-6H2,1H3,(H,18,19)/t10-/m1/s1. The van der Waals surface area contributed by atoms with Crippen LogP contribution >= 0.6 is 0 Å². The van der Waals surface area contributed by atoms with Crippen LogP contribution in [-0.4, -0.2) is 34.1 Å². The fourth-order valence-electron chi connectivity index (χ4n) is 2.40. The van der Waals surface area contributed by atoms with Gasteiger partial charge in [-0.3, -0.25) is 4.79 Å². The van der Waals surface area contributed by atoms with Gasteiger partial charge in [-0.05, 0) is 23.6 Å². The molecule has 0 aromatic heterocycles. The summed E-state index contributed by atoms with van der Waals surface area (Å²) in [5, 5.41) is 9.08. The lowest BCUT2D eigenvalue weighted by Crippen LogP contribution is -2.53. The molecule has 1 N–H and O–H groups in total. The summed E-state index contributed by atoms with van der Waals surface area (Å²) in [5.74, 6) is -3.55. The fraction of sp³-hybridized carbons (Fsp3) is 0.385. The Hall–Kier alpha value is -2.05. The van der Waals surface area contributed by atoms with Crippen molar-refractivity contribution in [2.45, 2.75) is 32.1 Å². The van der Waals surface area contributed by atoms with Crippen molar-refractivity contribution >= 4 is 11.9 Å². The summed E-state index contributed by atoms with van der Waals surface area (Å²) >= 11 is 0. The number of fused-ring (bicyclic) bond motifs is 1. The van der Waals surface area contributed by atoms with Gasteiger partial charge in [0.25, 0.3) is 0 Å². The van der Waals surface area contributed by atoms with E-state index in [4.69, 9.17) is 5.11 Å². The second-order valence-corrected chi connectivity index (χ2v) is 4.70. The van der Waals surface area contributed by atoms with Crippen molar-refractivity contribution < 1.29 is 27.9 Å². The first kappa shape index (κ1) is 14.4.